The summed E-state index contributed by atoms with van der Waals surface area (Å²) in [5.41, 5.74) is -1.60. The zero-order chi connectivity index (χ0) is 24.0. The number of methoxy groups -OCH3 is 1. The van der Waals surface area contributed by atoms with E-state index in [2.05, 4.69) is 5.32 Å². The molecule has 32 heavy (non-hydrogen) atoms. The summed E-state index contributed by atoms with van der Waals surface area (Å²) >= 11 is 0. The quantitative estimate of drug-likeness (QED) is 0.179. The second kappa shape index (κ2) is 9.98. The molecule has 12 heteroatoms. The van der Waals surface area contributed by atoms with Gasteiger partial charge in [-0.1, -0.05) is 0 Å². The maximum Gasteiger partial charge on any atom is 0.315 e. The summed E-state index contributed by atoms with van der Waals surface area (Å²) in [6.45, 7) is 0.258. The fraction of sp³-hybridized carbons (Fsp3) is 0.250. The summed E-state index contributed by atoms with van der Waals surface area (Å²) in [7, 11) is 4.14. The topological polar surface area (TPSA) is 171 Å². The number of carbonyl (C=O) groups excluding carboxylic acids is 1. The third-order valence-electron chi connectivity index (χ3n) is 4.54. The molecule has 1 aromatic heterocycles. The van der Waals surface area contributed by atoms with Crippen molar-refractivity contribution >= 4 is 23.0 Å². The Bertz CT molecular complexity index is 1180. The summed E-state index contributed by atoms with van der Waals surface area (Å²) in [6.07, 6.45) is 1.60. The van der Waals surface area contributed by atoms with Crippen LogP contribution in [0.4, 0.5) is 11.4 Å². The molecule has 1 heterocycles. The number of benzene rings is 1. The van der Waals surface area contributed by atoms with Crippen LogP contribution in [-0.2, 0) is 11.8 Å². The predicted octanol–water partition coefficient (Wildman–Crippen LogP) is 1.37. The predicted molar refractivity (Wildman–Crippen MR) is 114 cm³/mol. The molecule has 168 valence electrons. The Morgan fingerprint density at radius 2 is 2.12 bits per heavy atom. The first-order valence-corrected chi connectivity index (χ1v) is 9.16. The van der Waals surface area contributed by atoms with E-state index in [0.717, 1.165) is 24.1 Å². The molecule has 1 aromatic carbocycles. The Labute approximate surface area is 182 Å². The van der Waals surface area contributed by atoms with E-state index in [1.54, 1.807) is 31.4 Å². The van der Waals surface area contributed by atoms with Gasteiger partial charge in [-0.05, 0) is 18.2 Å². The zero-order valence-corrected chi connectivity index (χ0v) is 17.5. The van der Waals surface area contributed by atoms with E-state index in [1.165, 1.54) is 11.6 Å². The number of phenolic OH excluding ortho intramolecular Hbond substituents is 1. The molecule has 2 rings (SSSR count). The molecule has 2 aromatic rings. The van der Waals surface area contributed by atoms with Gasteiger partial charge < -0.3 is 29.7 Å². The van der Waals surface area contributed by atoms with Gasteiger partial charge in [0, 0.05) is 45.0 Å². The molecular weight excluding hydrogens is 422 g/mol. The van der Waals surface area contributed by atoms with Crippen LogP contribution < -0.4 is 15.6 Å². The average molecular weight is 443 g/mol. The minimum Gasteiger partial charge on any atom is -0.506 e. The number of aliphatic hydroxyl groups is 1. The van der Waals surface area contributed by atoms with Crippen molar-refractivity contribution in [2.75, 3.05) is 32.6 Å². The molecule has 0 bridgehead atoms. The molecule has 0 saturated heterocycles. The number of aromatic nitrogens is 1. The van der Waals surface area contributed by atoms with Crippen molar-refractivity contribution < 1.29 is 24.7 Å². The second-order valence-corrected chi connectivity index (χ2v) is 6.63. The Balaban J connectivity index is 2.26. The lowest BCUT2D eigenvalue weighted by molar-refractivity contribution is -0.386. The molecule has 0 aliphatic heterocycles. The number of aromatic hydroxyl groups is 1. The highest BCUT2D eigenvalue weighted by Crippen LogP contribution is 2.38. The van der Waals surface area contributed by atoms with E-state index < -0.39 is 33.6 Å². The van der Waals surface area contributed by atoms with Crippen molar-refractivity contribution in [1.29, 1.82) is 5.26 Å². The summed E-state index contributed by atoms with van der Waals surface area (Å²) in [6, 6.07) is 6.75. The van der Waals surface area contributed by atoms with E-state index in [4.69, 9.17) is 4.74 Å². The summed E-state index contributed by atoms with van der Waals surface area (Å²) in [5.74, 6) is -2.72. The van der Waals surface area contributed by atoms with E-state index in [-0.39, 0.29) is 30.0 Å². The van der Waals surface area contributed by atoms with Gasteiger partial charge in [-0.25, -0.2) is 0 Å². The van der Waals surface area contributed by atoms with Gasteiger partial charge in [0.2, 0.25) is 5.75 Å². The van der Waals surface area contributed by atoms with Crippen LogP contribution >= 0.6 is 0 Å². The Morgan fingerprint density at radius 1 is 1.44 bits per heavy atom. The lowest BCUT2D eigenvalue weighted by Gasteiger charge is -2.18. The van der Waals surface area contributed by atoms with E-state index in [9.17, 15) is 35.2 Å². The number of pyridine rings is 1. The number of anilines is 1. The third kappa shape index (κ3) is 4.96. The minimum atomic E-state index is -0.895. The number of nitrogens with one attached hydrogen (secondary N) is 1. The van der Waals surface area contributed by atoms with Gasteiger partial charge in [-0.2, -0.15) is 5.26 Å². The van der Waals surface area contributed by atoms with Crippen LogP contribution in [0.15, 0.2) is 40.8 Å². The SMILES string of the molecule is COc1cc(/C(O)=C(\C#N)C(=O)N(C)CCNc2cccn(C)c2=O)cc([N+](=O)[O-])c1O. The van der Waals surface area contributed by atoms with Gasteiger partial charge in [0.1, 0.15) is 17.5 Å². The zero-order valence-electron chi connectivity index (χ0n) is 17.5. The number of nitriles is 1. The monoisotopic (exact) mass is 443 g/mol. The first kappa shape index (κ1) is 23.7. The number of nitro benzene ring substituents is 1. The van der Waals surface area contributed by atoms with E-state index >= 15 is 0 Å². The Kier molecular flexibility index (Phi) is 7.41. The van der Waals surface area contributed by atoms with Crippen molar-refractivity contribution in [3.8, 4) is 17.6 Å². The lowest BCUT2D eigenvalue weighted by Crippen LogP contribution is -2.33. The fourth-order valence-electron chi connectivity index (χ4n) is 2.75. The number of hydrogen-bond acceptors (Lipinski definition) is 9. The van der Waals surface area contributed by atoms with E-state index in [1.807, 2.05) is 0 Å². The number of carbonyl (C=O) groups is 1. The van der Waals surface area contributed by atoms with E-state index in [0.29, 0.717) is 5.69 Å². The number of nitrogens with zero attached hydrogens (tertiary/aromatic N) is 4. The van der Waals surface area contributed by atoms with Crippen LogP contribution in [-0.4, -0.2) is 57.8 Å². The van der Waals surface area contributed by atoms with Crippen LogP contribution in [0.2, 0.25) is 0 Å². The van der Waals surface area contributed by atoms with Crippen LogP contribution in [0.5, 0.6) is 11.5 Å². The first-order chi connectivity index (χ1) is 15.1. The van der Waals surface area contributed by atoms with Gasteiger partial charge in [-0.3, -0.25) is 19.7 Å². The van der Waals surface area contributed by atoms with Gasteiger partial charge in [-0.15, -0.1) is 0 Å². The lowest BCUT2D eigenvalue weighted by atomic mass is 10.1. The number of ether oxygens (including phenoxy) is 1. The van der Waals surface area contributed by atoms with Crippen molar-refractivity contribution in [1.82, 2.24) is 9.47 Å². The van der Waals surface area contributed by atoms with Crippen molar-refractivity contribution in [2.24, 2.45) is 7.05 Å². The van der Waals surface area contributed by atoms with Crippen LogP contribution in [0.25, 0.3) is 5.76 Å². The van der Waals surface area contributed by atoms with Crippen molar-refractivity contribution in [2.45, 2.75) is 0 Å². The maximum absolute atomic E-state index is 12.7. The molecule has 0 aliphatic rings. The molecule has 0 atom stereocenters. The Morgan fingerprint density at radius 3 is 2.72 bits per heavy atom. The normalized spacial score (nSPS) is 11.2. The number of aryl methyl sites for hydroxylation is 1. The van der Waals surface area contributed by atoms with Gasteiger partial charge in [0.05, 0.1) is 12.0 Å². The fourth-order valence-corrected chi connectivity index (χ4v) is 2.75. The third-order valence-corrected chi connectivity index (χ3v) is 4.54. The molecule has 0 radical (unpaired) electrons. The molecule has 0 fully saturated rings. The molecule has 3 N–H and O–H groups in total. The Hall–Kier alpha value is -4.53. The van der Waals surface area contributed by atoms with Gasteiger partial charge >= 0.3 is 5.69 Å². The van der Waals surface area contributed by atoms with Crippen LogP contribution in [0, 0.1) is 21.4 Å². The highest BCUT2D eigenvalue weighted by molar-refractivity contribution is 6.03. The number of aliphatic hydroxyl groups excluding tert-OH is 1. The second-order valence-electron chi connectivity index (χ2n) is 6.63. The summed E-state index contributed by atoms with van der Waals surface area (Å²) < 4.78 is 6.25. The largest absolute Gasteiger partial charge is 0.506 e. The molecule has 0 unspecified atom stereocenters. The number of rotatable bonds is 8. The number of likely N-dealkylation sites (N-methyl/N-ethyl adjacent to an activating group) is 1. The molecule has 1 amide bonds. The van der Waals surface area contributed by atoms with Crippen LogP contribution in [0.1, 0.15) is 5.56 Å². The summed E-state index contributed by atoms with van der Waals surface area (Å²) in [4.78, 5) is 36.1. The number of amides is 1. The maximum atomic E-state index is 12.7. The minimum absolute atomic E-state index is 0.0778. The highest BCUT2D eigenvalue weighted by Gasteiger charge is 2.25. The first-order valence-electron chi connectivity index (χ1n) is 9.16. The van der Waals surface area contributed by atoms with Crippen molar-refractivity contribution in [3.05, 3.63) is 62.1 Å². The molecule has 0 spiro atoms. The molecular formula is C20H21N5O7. The van der Waals surface area contributed by atoms with Gasteiger partial charge in [0.25, 0.3) is 11.5 Å². The summed E-state index contributed by atoms with van der Waals surface area (Å²) in [5, 5.41) is 43.8. The highest BCUT2D eigenvalue weighted by atomic mass is 16.6. The van der Waals surface area contributed by atoms with Gasteiger partial charge in [0.15, 0.2) is 11.3 Å². The number of nitro groups is 1. The standard InChI is InChI=1S/C20H21N5O7/c1-23-7-4-5-14(20(23)29)22-6-8-24(2)19(28)13(11-21)17(26)12-9-15(25(30)31)18(27)16(10-12)32-3/h4-5,7,9-10,22,26-27H,6,8H2,1-3H3/b17-13-. The van der Waals surface area contributed by atoms with Crippen LogP contribution in [0.3, 0.4) is 0 Å². The number of hydrogen-bond donors (Lipinski definition) is 3. The molecule has 0 aliphatic carbocycles. The number of phenols is 1. The smallest absolute Gasteiger partial charge is 0.315 e. The van der Waals surface area contributed by atoms with Crippen molar-refractivity contribution in [3.63, 3.8) is 0 Å². The molecule has 0 saturated carbocycles. The average Bonchev–Trinajstić information content (AvgIpc) is 2.76. The molecule has 12 nitrogen and oxygen atoms in total.